The van der Waals surface area contributed by atoms with Crippen LogP contribution in [0.4, 0.5) is 10.3 Å². The molecule has 0 spiro atoms. The molecule has 2 aromatic heterocycles. The van der Waals surface area contributed by atoms with Crippen molar-refractivity contribution in [2.45, 2.75) is 19.9 Å². The molecule has 0 radical (unpaired) electrons. The van der Waals surface area contributed by atoms with E-state index in [0.717, 1.165) is 12.6 Å². The number of hydrogen-bond acceptors (Lipinski definition) is 5. The average Bonchev–Trinajstić information content (AvgIpc) is 2.70. The van der Waals surface area contributed by atoms with Crippen molar-refractivity contribution in [2.24, 2.45) is 0 Å². The van der Waals surface area contributed by atoms with Crippen LogP contribution in [0.3, 0.4) is 0 Å². The van der Waals surface area contributed by atoms with Crippen LogP contribution >= 0.6 is 0 Å². The number of aromatic nitrogens is 5. The first-order valence-electron chi connectivity index (χ1n) is 4.89. The third kappa shape index (κ3) is 1.83. The van der Waals surface area contributed by atoms with Crippen LogP contribution in [0.15, 0.2) is 12.4 Å². The summed E-state index contributed by atoms with van der Waals surface area (Å²) in [5, 5.41) is 7.58. The molecular formula is C9H11FN6. The zero-order chi connectivity index (χ0) is 11.5. The van der Waals surface area contributed by atoms with Crippen LogP contribution < -0.4 is 5.73 Å². The van der Waals surface area contributed by atoms with Gasteiger partial charge in [-0.3, -0.25) is 0 Å². The number of hydrogen-bond donors (Lipinski definition) is 1. The Bertz CT molecular complexity index is 494. The van der Waals surface area contributed by atoms with E-state index in [9.17, 15) is 4.39 Å². The first-order valence-corrected chi connectivity index (χ1v) is 4.89. The molecule has 0 bridgehead atoms. The van der Waals surface area contributed by atoms with Crippen LogP contribution in [0.2, 0.25) is 0 Å². The Morgan fingerprint density at radius 3 is 3.00 bits per heavy atom. The maximum Gasteiger partial charge on any atom is 0.220 e. The van der Waals surface area contributed by atoms with Crippen LogP contribution in [0, 0.1) is 5.82 Å². The maximum atomic E-state index is 13.5. The van der Waals surface area contributed by atoms with Crippen LogP contribution in [0.1, 0.15) is 13.3 Å². The van der Waals surface area contributed by atoms with E-state index in [2.05, 4.69) is 20.3 Å². The molecule has 84 valence electrons. The molecule has 7 heteroatoms. The summed E-state index contributed by atoms with van der Waals surface area (Å²) in [5.41, 5.74) is 6.06. The number of nitrogen functional groups attached to an aromatic ring is 1. The highest BCUT2D eigenvalue weighted by Crippen LogP contribution is 2.19. The summed E-state index contributed by atoms with van der Waals surface area (Å²) in [6.45, 7) is 2.65. The van der Waals surface area contributed by atoms with E-state index in [-0.39, 0.29) is 11.6 Å². The van der Waals surface area contributed by atoms with Gasteiger partial charge in [0, 0.05) is 6.54 Å². The quantitative estimate of drug-likeness (QED) is 0.833. The summed E-state index contributed by atoms with van der Waals surface area (Å²) in [6.07, 6.45) is 3.38. The molecule has 0 aliphatic rings. The molecule has 2 heterocycles. The Kier molecular flexibility index (Phi) is 2.76. The fourth-order valence-electron chi connectivity index (χ4n) is 1.38. The van der Waals surface area contributed by atoms with E-state index in [0.29, 0.717) is 12.2 Å². The van der Waals surface area contributed by atoms with Crippen LogP contribution in [-0.4, -0.2) is 25.0 Å². The highest BCUT2D eigenvalue weighted by molar-refractivity contribution is 5.54. The summed E-state index contributed by atoms with van der Waals surface area (Å²) in [5.74, 6) is -0.505. The van der Waals surface area contributed by atoms with Crippen molar-refractivity contribution >= 4 is 5.95 Å². The van der Waals surface area contributed by atoms with Crippen molar-refractivity contribution in [2.75, 3.05) is 5.73 Å². The molecule has 0 fully saturated rings. The lowest BCUT2D eigenvalue weighted by atomic mass is 10.3. The summed E-state index contributed by atoms with van der Waals surface area (Å²) in [7, 11) is 0. The summed E-state index contributed by atoms with van der Waals surface area (Å²) >= 11 is 0. The van der Waals surface area contributed by atoms with Gasteiger partial charge in [0.2, 0.25) is 5.95 Å². The van der Waals surface area contributed by atoms with Crippen molar-refractivity contribution < 1.29 is 4.39 Å². The molecule has 2 N–H and O–H groups in total. The lowest BCUT2D eigenvalue weighted by Gasteiger charge is -2.04. The zero-order valence-corrected chi connectivity index (χ0v) is 8.76. The molecule has 2 rings (SSSR count). The predicted molar refractivity (Wildman–Crippen MR) is 55.7 cm³/mol. The van der Waals surface area contributed by atoms with Crippen molar-refractivity contribution in [3.8, 4) is 11.4 Å². The molecule has 0 aromatic carbocycles. The third-order valence-corrected chi connectivity index (χ3v) is 2.06. The minimum Gasteiger partial charge on any atom is -0.368 e. The van der Waals surface area contributed by atoms with Gasteiger partial charge in [-0.15, -0.1) is 5.10 Å². The van der Waals surface area contributed by atoms with Crippen LogP contribution in [0.5, 0.6) is 0 Å². The standard InChI is InChI=1S/C9H11FN6/c1-2-3-16-7(5-13-15-16)8-6(10)4-12-9(11)14-8/h4-5H,2-3H2,1H3,(H2,11,12,14). The third-order valence-electron chi connectivity index (χ3n) is 2.06. The van der Waals surface area contributed by atoms with E-state index in [1.54, 1.807) is 4.68 Å². The second-order valence-corrected chi connectivity index (χ2v) is 3.27. The fourth-order valence-corrected chi connectivity index (χ4v) is 1.38. The molecule has 0 saturated heterocycles. The Morgan fingerprint density at radius 2 is 2.25 bits per heavy atom. The number of nitrogens with zero attached hydrogens (tertiary/aromatic N) is 5. The Morgan fingerprint density at radius 1 is 1.44 bits per heavy atom. The summed E-state index contributed by atoms with van der Waals surface area (Å²) in [4.78, 5) is 7.42. The number of halogens is 1. The zero-order valence-electron chi connectivity index (χ0n) is 8.76. The Labute approximate surface area is 91.3 Å². The molecule has 0 atom stereocenters. The van der Waals surface area contributed by atoms with Gasteiger partial charge in [0.25, 0.3) is 0 Å². The molecule has 16 heavy (non-hydrogen) atoms. The van der Waals surface area contributed by atoms with Crippen LogP contribution in [-0.2, 0) is 6.54 Å². The molecule has 2 aromatic rings. The molecule has 0 unspecified atom stereocenters. The number of aryl methyl sites for hydroxylation is 1. The van der Waals surface area contributed by atoms with E-state index < -0.39 is 5.82 Å². The number of anilines is 1. The van der Waals surface area contributed by atoms with Gasteiger partial charge in [0.05, 0.1) is 12.4 Å². The van der Waals surface area contributed by atoms with Crippen LogP contribution in [0.25, 0.3) is 11.4 Å². The molecule has 6 nitrogen and oxygen atoms in total. The maximum absolute atomic E-state index is 13.5. The van der Waals surface area contributed by atoms with Gasteiger partial charge in [-0.2, -0.15) is 0 Å². The first-order chi connectivity index (χ1) is 7.72. The summed E-state index contributed by atoms with van der Waals surface area (Å²) in [6, 6.07) is 0. The lowest BCUT2D eigenvalue weighted by Crippen LogP contribution is -2.05. The molecule has 0 aliphatic heterocycles. The van der Waals surface area contributed by atoms with Crippen molar-refractivity contribution in [3.05, 3.63) is 18.2 Å². The highest BCUT2D eigenvalue weighted by atomic mass is 19.1. The first kappa shape index (κ1) is 10.5. The van der Waals surface area contributed by atoms with Gasteiger partial charge in [-0.25, -0.2) is 19.0 Å². The molecule has 0 saturated carbocycles. The topological polar surface area (TPSA) is 82.5 Å². The largest absolute Gasteiger partial charge is 0.368 e. The van der Waals surface area contributed by atoms with Crippen molar-refractivity contribution in [1.82, 2.24) is 25.0 Å². The normalized spacial score (nSPS) is 10.6. The lowest BCUT2D eigenvalue weighted by molar-refractivity contribution is 0.575. The second kappa shape index (κ2) is 4.21. The minimum atomic E-state index is -0.533. The van der Waals surface area contributed by atoms with Gasteiger partial charge in [-0.05, 0) is 6.42 Å². The van der Waals surface area contributed by atoms with E-state index in [1.807, 2.05) is 6.92 Å². The molecular weight excluding hydrogens is 211 g/mol. The Hall–Kier alpha value is -2.05. The van der Waals surface area contributed by atoms with E-state index in [4.69, 9.17) is 5.73 Å². The molecule has 0 aliphatic carbocycles. The smallest absolute Gasteiger partial charge is 0.220 e. The van der Waals surface area contributed by atoms with Gasteiger partial charge < -0.3 is 5.73 Å². The fraction of sp³-hybridized carbons (Fsp3) is 0.333. The monoisotopic (exact) mass is 222 g/mol. The number of rotatable bonds is 3. The van der Waals surface area contributed by atoms with Gasteiger partial charge >= 0.3 is 0 Å². The Balaban J connectivity index is 2.49. The SMILES string of the molecule is CCCn1nncc1-c1nc(N)ncc1F. The van der Waals surface area contributed by atoms with Gasteiger partial charge in [0.15, 0.2) is 5.82 Å². The van der Waals surface area contributed by atoms with Gasteiger partial charge in [-0.1, -0.05) is 12.1 Å². The average molecular weight is 222 g/mol. The van der Waals surface area contributed by atoms with E-state index >= 15 is 0 Å². The highest BCUT2D eigenvalue weighted by Gasteiger charge is 2.13. The van der Waals surface area contributed by atoms with E-state index in [1.165, 1.54) is 6.20 Å². The molecule has 0 amide bonds. The second-order valence-electron chi connectivity index (χ2n) is 3.27. The summed E-state index contributed by atoms with van der Waals surface area (Å²) < 4.78 is 15.1. The van der Waals surface area contributed by atoms with Crippen molar-refractivity contribution in [1.29, 1.82) is 0 Å². The predicted octanol–water partition coefficient (Wildman–Crippen LogP) is 0.866. The van der Waals surface area contributed by atoms with Gasteiger partial charge in [0.1, 0.15) is 11.4 Å². The minimum absolute atomic E-state index is 0.0284. The number of nitrogens with two attached hydrogens (primary N) is 1. The van der Waals surface area contributed by atoms with Crippen molar-refractivity contribution in [3.63, 3.8) is 0 Å².